The average molecular weight is 442 g/mol. The van der Waals surface area contributed by atoms with Gasteiger partial charge in [0.05, 0.1) is 30.9 Å². The number of nitrogens with zero attached hydrogens (tertiary/aromatic N) is 1. The number of sulfonamides is 1. The standard InChI is InChI=1S/C18H20ClN3O4S2/c1-25-17-6-5-13(19)11-16(17)21-18(27)20-14-3-2-4-15(12-14)28(23,24)22-7-9-26-10-8-22/h2-6,11-12H,7-10H2,1H3,(H2,20,21,27). The van der Waals surface area contributed by atoms with Crippen molar-refractivity contribution in [2.75, 3.05) is 44.0 Å². The van der Waals surface area contributed by atoms with Crippen LogP contribution in [0.25, 0.3) is 0 Å². The highest BCUT2D eigenvalue weighted by molar-refractivity contribution is 7.89. The van der Waals surface area contributed by atoms with Crippen LogP contribution in [0.5, 0.6) is 5.75 Å². The quantitative estimate of drug-likeness (QED) is 0.690. The van der Waals surface area contributed by atoms with E-state index in [1.165, 1.54) is 4.31 Å². The number of morpholine rings is 1. The number of benzene rings is 2. The highest BCUT2D eigenvalue weighted by Gasteiger charge is 2.26. The van der Waals surface area contributed by atoms with Crippen molar-refractivity contribution in [2.24, 2.45) is 0 Å². The Hall–Kier alpha value is -1.91. The van der Waals surface area contributed by atoms with Gasteiger partial charge in [0, 0.05) is 23.8 Å². The van der Waals surface area contributed by atoms with Gasteiger partial charge in [0.1, 0.15) is 5.75 Å². The SMILES string of the molecule is COc1ccc(Cl)cc1NC(=S)Nc1cccc(S(=O)(=O)N2CCOCC2)c1. The lowest BCUT2D eigenvalue weighted by Gasteiger charge is -2.26. The minimum absolute atomic E-state index is 0.197. The van der Waals surface area contributed by atoms with Crippen LogP contribution in [-0.4, -0.2) is 51.2 Å². The lowest BCUT2D eigenvalue weighted by molar-refractivity contribution is 0.0730. The van der Waals surface area contributed by atoms with E-state index in [4.69, 9.17) is 33.3 Å². The zero-order valence-corrected chi connectivity index (χ0v) is 17.5. The largest absolute Gasteiger partial charge is 0.495 e. The highest BCUT2D eigenvalue weighted by Crippen LogP contribution is 2.28. The van der Waals surface area contributed by atoms with Crippen molar-refractivity contribution in [1.29, 1.82) is 0 Å². The van der Waals surface area contributed by atoms with Crippen LogP contribution in [0, 0.1) is 0 Å². The van der Waals surface area contributed by atoms with Crippen molar-refractivity contribution in [1.82, 2.24) is 4.31 Å². The molecule has 1 saturated heterocycles. The normalized spacial score (nSPS) is 15.1. The van der Waals surface area contributed by atoms with Gasteiger partial charge >= 0.3 is 0 Å². The number of thiocarbonyl (C=S) groups is 1. The Labute approximate surface area is 174 Å². The van der Waals surface area contributed by atoms with E-state index in [9.17, 15) is 8.42 Å². The minimum Gasteiger partial charge on any atom is -0.495 e. The molecule has 2 N–H and O–H groups in total. The summed E-state index contributed by atoms with van der Waals surface area (Å²) in [6.07, 6.45) is 0. The fraction of sp³-hybridized carbons (Fsp3) is 0.278. The molecule has 0 bridgehead atoms. The number of halogens is 1. The average Bonchev–Trinajstić information content (AvgIpc) is 2.69. The highest BCUT2D eigenvalue weighted by atomic mass is 35.5. The maximum absolute atomic E-state index is 12.8. The van der Waals surface area contributed by atoms with Crippen molar-refractivity contribution < 1.29 is 17.9 Å². The molecule has 1 fully saturated rings. The molecule has 0 saturated carbocycles. The van der Waals surface area contributed by atoms with Crippen LogP contribution in [0.3, 0.4) is 0 Å². The number of hydrogen-bond donors (Lipinski definition) is 2. The topological polar surface area (TPSA) is 79.9 Å². The van der Waals surface area contributed by atoms with Crippen molar-refractivity contribution in [3.8, 4) is 5.75 Å². The van der Waals surface area contributed by atoms with Gasteiger partial charge in [0.25, 0.3) is 0 Å². The molecule has 0 spiro atoms. The first-order chi connectivity index (χ1) is 13.4. The van der Waals surface area contributed by atoms with Crippen LogP contribution in [0.15, 0.2) is 47.4 Å². The maximum atomic E-state index is 12.8. The molecule has 2 aromatic carbocycles. The second kappa shape index (κ2) is 9.06. The summed E-state index contributed by atoms with van der Waals surface area (Å²) < 4.78 is 37.5. The van der Waals surface area contributed by atoms with Crippen molar-refractivity contribution in [3.05, 3.63) is 47.5 Å². The first-order valence-corrected chi connectivity index (χ1v) is 10.7. The Morgan fingerprint density at radius 3 is 2.64 bits per heavy atom. The predicted molar refractivity (Wildman–Crippen MR) is 114 cm³/mol. The summed E-state index contributed by atoms with van der Waals surface area (Å²) in [5, 5.41) is 6.81. The third-order valence-electron chi connectivity index (χ3n) is 4.11. The molecule has 7 nitrogen and oxygen atoms in total. The summed E-state index contributed by atoms with van der Waals surface area (Å²) in [6.45, 7) is 1.47. The second-order valence-corrected chi connectivity index (χ2v) is 8.75. The lowest BCUT2D eigenvalue weighted by Crippen LogP contribution is -2.40. The molecule has 3 rings (SSSR count). The molecule has 1 aliphatic heterocycles. The van der Waals surface area contributed by atoms with Crippen LogP contribution in [0.4, 0.5) is 11.4 Å². The molecule has 0 aromatic heterocycles. The Balaban J connectivity index is 1.74. The molecule has 1 heterocycles. The summed E-state index contributed by atoms with van der Waals surface area (Å²) in [5.74, 6) is 0.581. The van der Waals surface area contributed by atoms with Crippen LogP contribution in [0.1, 0.15) is 0 Å². The molecule has 150 valence electrons. The molecule has 1 aliphatic rings. The van der Waals surface area contributed by atoms with Crippen LogP contribution in [-0.2, 0) is 14.8 Å². The van der Waals surface area contributed by atoms with Gasteiger partial charge in [-0.25, -0.2) is 8.42 Å². The monoisotopic (exact) mass is 441 g/mol. The molecule has 0 atom stereocenters. The van der Waals surface area contributed by atoms with Gasteiger partial charge in [-0.15, -0.1) is 0 Å². The van der Waals surface area contributed by atoms with E-state index in [0.717, 1.165) is 0 Å². The van der Waals surface area contributed by atoms with Crippen molar-refractivity contribution >= 4 is 50.3 Å². The smallest absolute Gasteiger partial charge is 0.243 e. The number of hydrogen-bond acceptors (Lipinski definition) is 5. The Bertz CT molecular complexity index is 963. The zero-order chi connectivity index (χ0) is 20.1. The molecule has 10 heteroatoms. The first-order valence-electron chi connectivity index (χ1n) is 8.49. The van der Waals surface area contributed by atoms with E-state index in [0.29, 0.717) is 48.5 Å². The Morgan fingerprint density at radius 1 is 1.18 bits per heavy atom. The summed E-state index contributed by atoms with van der Waals surface area (Å²) in [6, 6.07) is 11.6. The number of anilines is 2. The molecular formula is C18H20ClN3O4S2. The van der Waals surface area contributed by atoms with Crippen LogP contribution >= 0.6 is 23.8 Å². The van der Waals surface area contributed by atoms with E-state index in [1.807, 2.05) is 0 Å². The lowest BCUT2D eigenvalue weighted by atomic mass is 10.3. The molecule has 0 aliphatic carbocycles. The minimum atomic E-state index is -3.58. The maximum Gasteiger partial charge on any atom is 0.243 e. The van der Waals surface area contributed by atoms with Crippen LogP contribution in [0.2, 0.25) is 5.02 Å². The van der Waals surface area contributed by atoms with E-state index in [2.05, 4.69) is 10.6 Å². The Kier molecular flexibility index (Phi) is 6.73. The van der Waals surface area contributed by atoms with E-state index < -0.39 is 10.0 Å². The van der Waals surface area contributed by atoms with Gasteiger partial charge in [0.2, 0.25) is 10.0 Å². The van der Waals surface area contributed by atoms with Crippen LogP contribution < -0.4 is 15.4 Å². The molecule has 0 unspecified atom stereocenters. The van der Waals surface area contributed by atoms with Gasteiger partial charge in [-0.2, -0.15) is 4.31 Å². The van der Waals surface area contributed by atoms with Gasteiger partial charge in [-0.1, -0.05) is 17.7 Å². The zero-order valence-electron chi connectivity index (χ0n) is 15.1. The van der Waals surface area contributed by atoms with E-state index in [1.54, 1.807) is 49.6 Å². The summed E-state index contributed by atoms with van der Waals surface area (Å²) in [4.78, 5) is 0.197. The van der Waals surface area contributed by atoms with Gasteiger partial charge in [0.15, 0.2) is 5.11 Å². The third kappa shape index (κ3) is 4.92. The molecular weight excluding hydrogens is 422 g/mol. The van der Waals surface area contributed by atoms with Gasteiger partial charge in [-0.05, 0) is 48.6 Å². The van der Waals surface area contributed by atoms with Gasteiger partial charge in [-0.3, -0.25) is 0 Å². The third-order valence-corrected chi connectivity index (χ3v) is 6.44. The second-order valence-electron chi connectivity index (χ2n) is 5.97. The number of methoxy groups -OCH3 is 1. The van der Waals surface area contributed by atoms with Gasteiger partial charge < -0.3 is 20.1 Å². The Morgan fingerprint density at radius 2 is 1.93 bits per heavy atom. The first kappa shape index (κ1) is 20.8. The predicted octanol–water partition coefficient (Wildman–Crippen LogP) is 3.18. The summed E-state index contributed by atoms with van der Waals surface area (Å²) in [5.41, 5.74) is 1.15. The molecule has 2 aromatic rings. The fourth-order valence-corrected chi connectivity index (χ4v) is 4.59. The molecule has 28 heavy (non-hydrogen) atoms. The number of ether oxygens (including phenoxy) is 2. The summed E-state index contributed by atoms with van der Waals surface area (Å²) in [7, 11) is -2.04. The van der Waals surface area contributed by atoms with E-state index in [-0.39, 0.29) is 10.0 Å². The summed E-state index contributed by atoms with van der Waals surface area (Å²) >= 11 is 11.4. The number of rotatable bonds is 5. The van der Waals surface area contributed by atoms with Crippen molar-refractivity contribution in [2.45, 2.75) is 4.90 Å². The molecule has 0 radical (unpaired) electrons. The van der Waals surface area contributed by atoms with E-state index >= 15 is 0 Å². The molecule has 0 amide bonds. The van der Waals surface area contributed by atoms with Crippen molar-refractivity contribution in [3.63, 3.8) is 0 Å². The number of nitrogens with one attached hydrogen (secondary N) is 2. The fourth-order valence-electron chi connectivity index (χ4n) is 2.73.